The van der Waals surface area contributed by atoms with Crippen molar-refractivity contribution < 1.29 is 24.1 Å². The van der Waals surface area contributed by atoms with Crippen molar-refractivity contribution >= 4 is 17.8 Å². The van der Waals surface area contributed by atoms with Crippen molar-refractivity contribution in [2.45, 2.75) is 0 Å². The van der Waals surface area contributed by atoms with Crippen molar-refractivity contribution in [2.75, 3.05) is 20.3 Å². The van der Waals surface area contributed by atoms with E-state index < -0.39 is 6.16 Å². The van der Waals surface area contributed by atoms with Crippen molar-refractivity contribution in [3.05, 3.63) is 59.6 Å². The lowest BCUT2D eigenvalue weighted by Gasteiger charge is -2.10. The molecule has 0 amide bonds. The molecule has 27 heavy (non-hydrogen) atoms. The Bertz CT molecular complexity index is 941. The summed E-state index contributed by atoms with van der Waals surface area (Å²) in [5.74, 6) is 0.618. The van der Waals surface area contributed by atoms with E-state index in [9.17, 15) is 4.79 Å². The molecule has 140 valence electrons. The minimum atomic E-state index is -1.44. The summed E-state index contributed by atoms with van der Waals surface area (Å²) in [6.45, 7) is 0.891. The number of aromatic nitrogens is 2. The highest BCUT2D eigenvalue weighted by molar-refractivity contribution is 6.30. The van der Waals surface area contributed by atoms with Gasteiger partial charge in [0.25, 0.3) is 0 Å². The fourth-order valence-electron chi connectivity index (χ4n) is 2.50. The predicted molar refractivity (Wildman–Crippen MR) is 100 cm³/mol. The number of ether oxygens (including phenoxy) is 3. The average molecular weight is 389 g/mol. The van der Waals surface area contributed by atoms with Gasteiger partial charge in [0, 0.05) is 23.8 Å². The van der Waals surface area contributed by atoms with Gasteiger partial charge in [0.2, 0.25) is 5.88 Å². The van der Waals surface area contributed by atoms with Gasteiger partial charge in [0.15, 0.2) is 0 Å². The Morgan fingerprint density at radius 3 is 2.70 bits per heavy atom. The molecule has 0 atom stereocenters. The minimum Gasteiger partial charge on any atom is -0.491 e. The Morgan fingerprint density at radius 2 is 1.96 bits per heavy atom. The fraction of sp³-hybridized carbons (Fsp3) is 0.158. The number of methoxy groups -OCH3 is 1. The lowest BCUT2D eigenvalue weighted by molar-refractivity contribution is 0.142. The van der Waals surface area contributed by atoms with Crippen LogP contribution in [0, 0.1) is 0 Å². The van der Waals surface area contributed by atoms with E-state index >= 15 is 0 Å². The third kappa shape index (κ3) is 4.78. The Hall–Kier alpha value is -3.03. The lowest BCUT2D eigenvalue weighted by Crippen LogP contribution is -2.05. The van der Waals surface area contributed by atoms with Crippen LogP contribution >= 0.6 is 11.6 Å². The summed E-state index contributed by atoms with van der Waals surface area (Å²) in [7, 11) is 1.60. The number of rotatable bonds is 7. The zero-order valence-electron chi connectivity index (χ0n) is 14.5. The second-order valence-electron chi connectivity index (χ2n) is 5.50. The molecule has 0 aliphatic carbocycles. The van der Waals surface area contributed by atoms with Crippen LogP contribution in [0.5, 0.6) is 11.6 Å². The largest absolute Gasteiger partial charge is 0.512 e. The molecule has 3 rings (SSSR count). The van der Waals surface area contributed by atoms with Gasteiger partial charge in [-0.3, -0.25) is 0 Å². The Labute approximate surface area is 160 Å². The van der Waals surface area contributed by atoms with Gasteiger partial charge in [0.1, 0.15) is 12.4 Å². The first-order valence-corrected chi connectivity index (χ1v) is 8.43. The Kier molecular flexibility index (Phi) is 5.95. The van der Waals surface area contributed by atoms with Crippen LogP contribution in [0.25, 0.3) is 16.9 Å². The molecule has 1 aromatic heterocycles. The maximum Gasteiger partial charge on any atom is 0.512 e. The first-order valence-electron chi connectivity index (χ1n) is 8.06. The molecule has 1 heterocycles. The van der Waals surface area contributed by atoms with Crippen molar-refractivity contribution in [1.82, 2.24) is 9.78 Å². The second kappa shape index (κ2) is 8.57. The van der Waals surface area contributed by atoms with Crippen LogP contribution in [-0.4, -0.2) is 41.4 Å². The summed E-state index contributed by atoms with van der Waals surface area (Å²) in [4.78, 5) is 10.9. The molecular weight excluding hydrogens is 372 g/mol. The van der Waals surface area contributed by atoms with Gasteiger partial charge < -0.3 is 19.3 Å². The maximum atomic E-state index is 10.9. The summed E-state index contributed by atoms with van der Waals surface area (Å²) in [6.07, 6.45) is -1.44. The zero-order chi connectivity index (χ0) is 19.2. The van der Waals surface area contributed by atoms with Crippen molar-refractivity contribution in [2.24, 2.45) is 0 Å². The maximum absolute atomic E-state index is 10.9. The molecule has 3 aromatic rings. The monoisotopic (exact) mass is 388 g/mol. The fourth-order valence-corrected chi connectivity index (χ4v) is 2.68. The van der Waals surface area contributed by atoms with E-state index in [-0.39, 0.29) is 5.88 Å². The minimum absolute atomic E-state index is 0.0387. The molecule has 8 heteroatoms. The van der Waals surface area contributed by atoms with E-state index in [4.69, 9.17) is 30.9 Å². The standard InChI is InChI=1S/C19H17ClN2O5/c1-25-8-9-26-16-7-2-4-13(10-16)17-12-18(27-19(23)24)21-22(17)15-6-3-5-14(20)11-15/h2-7,10-12H,8-9H2,1H3,(H,23,24). The van der Waals surface area contributed by atoms with Crippen LogP contribution in [-0.2, 0) is 4.74 Å². The predicted octanol–water partition coefficient (Wildman–Crippen LogP) is 4.27. The lowest BCUT2D eigenvalue weighted by atomic mass is 10.1. The molecular formula is C19H17ClN2O5. The third-order valence-electron chi connectivity index (χ3n) is 3.62. The third-order valence-corrected chi connectivity index (χ3v) is 3.85. The van der Waals surface area contributed by atoms with Gasteiger partial charge in [-0.05, 0) is 30.3 Å². The molecule has 0 aliphatic rings. The summed E-state index contributed by atoms with van der Waals surface area (Å²) < 4.78 is 16.9. The summed E-state index contributed by atoms with van der Waals surface area (Å²) >= 11 is 6.08. The normalized spacial score (nSPS) is 10.6. The van der Waals surface area contributed by atoms with Gasteiger partial charge in [-0.1, -0.05) is 29.8 Å². The Morgan fingerprint density at radius 1 is 1.15 bits per heavy atom. The van der Waals surface area contributed by atoms with Crippen LogP contribution in [0.1, 0.15) is 0 Å². The molecule has 0 fully saturated rings. The number of benzene rings is 2. The quantitative estimate of drug-likeness (QED) is 0.480. The van der Waals surface area contributed by atoms with Crippen LogP contribution in [0.15, 0.2) is 54.6 Å². The Balaban J connectivity index is 2.02. The molecule has 0 radical (unpaired) electrons. The molecule has 1 N–H and O–H groups in total. The highest BCUT2D eigenvalue weighted by Crippen LogP contribution is 2.30. The molecule has 0 saturated carbocycles. The molecule has 0 bridgehead atoms. The number of hydrogen-bond donors (Lipinski definition) is 1. The molecule has 2 aromatic carbocycles. The molecule has 7 nitrogen and oxygen atoms in total. The molecule has 0 spiro atoms. The van der Waals surface area contributed by atoms with Crippen LogP contribution in [0.2, 0.25) is 5.02 Å². The second-order valence-corrected chi connectivity index (χ2v) is 5.93. The molecule has 0 unspecified atom stereocenters. The SMILES string of the molecule is COCCOc1cccc(-c2cc(OC(=O)O)nn2-c2cccc(Cl)c2)c1. The molecule has 0 saturated heterocycles. The highest BCUT2D eigenvalue weighted by Gasteiger charge is 2.15. The number of nitrogens with zero attached hydrogens (tertiary/aromatic N) is 2. The first kappa shape index (κ1) is 18.8. The van der Waals surface area contributed by atoms with Gasteiger partial charge in [0.05, 0.1) is 18.0 Å². The van der Waals surface area contributed by atoms with Crippen LogP contribution < -0.4 is 9.47 Å². The van der Waals surface area contributed by atoms with Crippen LogP contribution in [0.4, 0.5) is 4.79 Å². The zero-order valence-corrected chi connectivity index (χ0v) is 15.2. The van der Waals surface area contributed by atoms with Gasteiger partial charge in [-0.25, -0.2) is 9.48 Å². The van der Waals surface area contributed by atoms with Crippen molar-refractivity contribution in [1.29, 1.82) is 0 Å². The summed E-state index contributed by atoms with van der Waals surface area (Å²) in [5.41, 5.74) is 2.08. The van der Waals surface area contributed by atoms with Crippen molar-refractivity contribution in [3.8, 4) is 28.6 Å². The van der Waals surface area contributed by atoms with E-state index in [1.807, 2.05) is 30.3 Å². The van der Waals surface area contributed by atoms with E-state index in [0.717, 1.165) is 5.56 Å². The summed E-state index contributed by atoms with van der Waals surface area (Å²) in [6, 6.07) is 16.0. The van der Waals surface area contributed by atoms with Gasteiger partial charge >= 0.3 is 6.16 Å². The van der Waals surface area contributed by atoms with E-state index in [1.54, 1.807) is 36.1 Å². The highest BCUT2D eigenvalue weighted by atomic mass is 35.5. The van der Waals surface area contributed by atoms with E-state index in [0.29, 0.717) is 35.4 Å². The van der Waals surface area contributed by atoms with Crippen molar-refractivity contribution in [3.63, 3.8) is 0 Å². The van der Waals surface area contributed by atoms with Gasteiger partial charge in [-0.2, -0.15) is 0 Å². The number of carbonyl (C=O) groups is 1. The van der Waals surface area contributed by atoms with E-state index in [1.165, 1.54) is 0 Å². The average Bonchev–Trinajstić information content (AvgIpc) is 3.05. The summed E-state index contributed by atoms with van der Waals surface area (Å²) in [5, 5.41) is 13.7. The first-order chi connectivity index (χ1) is 13.1. The van der Waals surface area contributed by atoms with Crippen LogP contribution in [0.3, 0.4) is 0 Å². The molecule has 0 aliphatic heterocycles. The van der Waals surface area contributed by atoms with E-state index in [2.05, 4.69) is 5.10 Å². The van der Waals surface area contributed by atoms with Gasteiger partial charge in [-0.15, -0.1) is 5.10 Å². The number of carboxylic acid groups (broad SMARTS) is 1. The number of hydrogen-bond acceptors (Lipinski definition) is 5. The smallest absolute Gasteiger partial charge is 0.491 e. The number of halogens is 1. The topological polar surface area (TPSA) is 82.8 Å².